The van der Waals surface area contributed by atoms with Crippen molar-refractivity contribution in [3.05, 3.63) is 47.5 Å². The Morgan fingerprint density at radius 2 is 1.95 bits per heavy atom. The van der Waals surface area contributed by atoms with Crippen LogP contribution in [0.1, 0.15) is 23.9 Å². The van der Waals surface area contributed by atoms with Gasteiger partial charge in [-0.1, -0.05) is 29.8 Å². The molecule has 1 aromatic carbocycles. The molecule has 1 atom stereocenters. The van der Waals surface area contributed by atoms with Crippen LogP contribution in [0.25, 0.3) is 0 Å². The van der Waals surface area contributed by atoms with E-state index in [9.17, 15) is 5.11 Å². The summed E-state index contributed by atoms with van der Waals surface area (Å²) < 4.78 is 1.89. The first-order chi connectivity index (χ1) is 9.22. The molecular weight excluding hydrogens is 238 g/mol. The van der Waals surface area contributed by atoms with Gasteiger partial charge in [0, 0.05) is 19.6 Å². The highest BCUT2D eigenvalue weighted by Crippen LogP contribution is 2.14. The van der Waals surface area contributed by atoms with E-state index in [0.717, 1.165) is 25.2 Å². The summed E-state index contributed by atoms with van der Waals surface area (Å²) in [6.07, 6.45) is 3.21. The molecule has 1 N–H and O–H groups in total. The molecule has 4 heteroatoms. The maximum absolute atomic E-state index is 9.55. The predicted octanol–water partition coefficient (Wildman–Crippen LogP) is 2.00. The van der Waals surface area contributed by atoms with E-state index in [4.69, 9.17) is 0 Å². The van der Waals surface area contributed by atoms with Crippen LogP contribution in [-0.2, 0) is 19.4 Å². The minimum Gasteiger partial charge on any atom is -0.396 e. The van der Waals surface area contributed by atoms with Gasteiger partial charge in [0.15, 0.2) is 0 Å². The molecule has 1 heterocycles. The summed E-state index contributed by atoms with van der Waals surface area (Å²) in [6.45, 7) is 5.12. The Labute approximate surface area is 114 Å². The lowest BCUT2D eigenvalue weighted by molar-refractivity contribution is 0.222. The van der Waals surface area contributed by atoms with Gasteiger partial charge in [0.25, 0.3) is 0 Å². The summed E-state index contributed by atoms with van der Waals surface area (Å²) in [5.41, 5.74) is 2.52. The molecule has 0 spiro atoms. The fourth-order valence-electron chi connectivity index (χ4n) is 2.23. The average Bonchev–Trinajstić information content (AvgIpc) is 2.87. The molecule has 0 fully saturated rings. The first kappa shape index (κ1) is 13.7. The molecular formula is C15H21N3O. The Morgan fingerprint density at radius 1 is 1.21 bits per heavy atom. The highest BCUT2D eigenvalue weighted by molar-refractivity contribution is 5.21. The maximum Gasteiger partial charge on any atom is 0.138 e. The SMILES string of the molecule is CCn1ncnc1CC(CO)Cc1ccc(C)cc1. The second kappa shape index (κ2) is 6.48. The van der Waals surface area contributed by atoms with E-state index < -0.39 is 0 Å². The number of hydrogen-bond acceptors (Lipinski definition) is 3. The maximum atomic E-state index is 9.55. The first-order valence-electron chi connectivity index (χ1n) is 6.76. The number of aliphatic hydroxyl groups excluding tert-OH is 1. The molecule has 0 radical (unpaired) electrons. The minimum atomic E-state index is 0.171. The van der Waals surface area contributed by atoms with Crippen molar-refractivity contribution < 1.29 is 5.11 Å². The zero-order valence-electron chi connectivity index (χ0n) is 11.6. The minimum absolute atomic E-state index is 0.171. The summed E-state index contributed by atoms with van der Waals surface area (Å²) in [5.74, 6) is 1.14. The second-order valence-electron chi connectivity index (χ2n) is 4.93. The van der Waals surface area contributed by atoms with E-state index in [0.29, 0.717) is 0 Å². The quantitative estimate of drug-likeness (QED) is 0.863. The van der Waals surface area contributed by atoms with Crippen molar-refractivity contribution in [1.82, 2.24) is 14.8 Å². The van der Waals surface area contributed by atoms with E-state index in [2.05, 4.69) is 41.3 Å². The van der Waals surface area contributed by atoms with Crippen LogP contribution in [0.5, 0.6) is 0 Å². The molecule has 0 bridgehead atoms. The van der Waals surface area contributed by atoms with Gasteiger partial charge < -0.3 is 5.11 Å². The number of benzene rings is 1. The molecule has 0 aliphatic carbocycles. The van der Waals surface area contributed by atoms with Gasteiger partial charge in [-0.15, -0.1) is 0 Å². The van der Waals surface area contributed by atoms with Crippen molar-refractivity contribution >= 4 is 0 Å². The molecule has 0 aliphatic rings. The van der Waals surface area contributed by atoms with E-state index in [1.54, 1.807) is 6.33 Å². The van der Waals surface area contributed by atoms with Gasteiger partial charge in [0.05, 0.1) is 0 Å². The van der Waals surface area contributed by atoms with Gasteiger partial charge in [-0.25, -0.2) is 4.98 Å². The Balaban J connectivity index is 2.02. The lowest BCUT2D eigenvalue weighted by Crippen LogP contribution is -2.16. The molecule has 2 aromatic rings. The van der Waals surface area contributed by atoms with Crippen LogP contribution in [0.4, 0.5) is 0 Å². The summed E-state index contributed by atoms with van der Waals surface area (Å²) in [4.78, 5) is 4.27. The summed E-state index contributed by atoms with van der Waals surface area (Å²) in [6, 6.07) is 8.47. The standard InChI is InChI=1S/C15H21N3O/c1-3-18-15(16-11-17-18)9-14(10-19)8-13-6-4-12(2)5-7-13/h4-7,11,14,19H,3,8-10H2,1-2H3. The van der Waals surface area contributed by atoms with Gasteiger partial charge in [-0.2, -0.15) is 5.10 Å². The van der Waals surface area contributed by atoms with Crippen LogP contribution in [0.2, 0.25) is 0 Å². The van der Waals surface area contributed by atoms with Crippen LogP contribution in [0, 0.1) is 12.8 Å². The number of rotatable bonds is 6. The van der Waals surface area contributed by atoms with Gasteiger partial charge in [0.1, 0.15) is 12.2 Å². The van der Waals surface area contributed by atoms with Crippen molar-refractivity contribution in [3.63, 3.8) is 0 Å². The number of nitrogens with zero attached hydrogens (tertiary/aromatic N) is 3. The van der Waals surface area contributed by atoms with Gasteiger partial charge in [-0.3, -0.25) is 4.68 Å². The van der Waals surface area contributed by atoms with Crippen molar-refractivity contribution in [3.8, 4) is 0 Å². The summed E-state index contributed by atoms with van der Waals surface area (Å²) >= 11 is 0. The van der Waals surface area contributed by atoms with Gasteiger partial charge >= 0.3 is 0 Å². The van der Waals surface area contributed by atoms with Crippen LogP contribution < -0.4 is 0 Å². The molecule has 0 saturated heterocycles. The lowest BCUT2D eigenvalue weighted by atomic mass is 9.96. The van der Waals surface area contributed by atoms with Crippen molar-refractivity contribution in [1.29, 1.82) is 0 Å². The van der Waals surface area contributed by atoms with E-state index in [-0.39, 0.29) is 12.5 Å². The van der Waals surface area contributed by atoms with Crippen LogP contribution in [0.3, 0.4) is 0 Å². The fraction of sp³-hybridized carbons (Fsp3) is 0.467. The normalized spacial score (nSPS) is 12.6. The van der Waals surface area contributed by atoms with Gasteiger partial charge in [-0.05, 0) is 31.7 Å². The summed E-state index contributed by atoms with van der Waals surface area (Å²) in [7, 11) is 0. The molecule has 0 saturated carbocycles. The van der Waals surface area contributed by atoms with E-state index in [1.807, 2.05) is 11.6 Å². The van der Waals surface area contributed by atoms with Gasteiger partial charge in [0.2, 0.25) is 0 Å². The Morgan fingerprint density at radius 3 is 2.58 bits per heavy atom. The van der Waals surface area contributed by atoms with Crippen LogP contribution in [0.15, 0.2) is 30.6 Å². The van der Waals surface area contributed by atoms with Crippen LogP contribution >= 0.6 is 0 Å². The Hall–Kier alpha value is -1.68. The van der Waals surface area contributed by atoms with Crippen LogP contribution in [-0.4, -0.2) is 26.5 Å². The van der Waals surface area contributed by atoms with E-state index in [1.165, 1.54) is 11.1 Å². The van der Waals surface area contributed by atoms with Crippen molar-refractivity contribution in [2.24, 2.45) is 5.92 Å². The zero-order chi connectivity index (χ0) is 13.7. The molecule has 2 rings (SSSR count). The Bertz CT molecular complexity index is 504. The molecule has 1 aromatic heterocycles. The third-order valence-electron chi connectivity index (χ3n) is 3.37. The first-order valence-corrected chi connectivity index (χ1v) is 6.76. The lowest BCUT2D eigenvalue weighted by Gasteiger charge is -2.14. The fourth-order valence-corrected chi connectivity index (χ4v) is 2.23. The number of aliphatic hydroxyl groups is 1. The molecule has 0 amide bonds. The zero-order valence-corrected chi connectivity index (χ0v) is 11.6. The van der Waals surface area contributed by atoms with Crippen molar-refractivity contribution in [2.45, 2.75) is 33.2 Å². The Kier molecular flexibility index (Phi) is 4.68. The monoisotopic (exact) mass is 259 g/mol. The number of aromatic nitrogens is 3. The second-order valence-corrected chi connectivity index (χ2v) is 4.93. The largest absolute Gasteiger partial charge is 0.396 e. The van der Waals surface area contributed by atoms with E-state index >= 15 is 0 Å². The molecule has 0 aliphatic heterocycles. The topological polar surface area (TPSA) is 50.9 Å². The number of aryl methyl sites for hydroxylation is 2. The summed E-state index contributed by atoms with van der Waals surface area (Å²) in [5, 5.41) is 13.7. The third-order valence-corrected chi connectivity index (χ3v) is 3.37. The predicted molar refractivity (Wildman–Crippen MR) is 74.9 cm³/mol. The molecule has 19 heavy (non-hydrogen) atoms. The molecule has 4 nitrogen and oxygen atoms in total. The third kappa shape index (κ3) is 3.64. The smallest absolute Gasteiger partial charge is 0.138 e. The number of hydrogen-bond donors (Lipinski definition) is 1. The van der Waals surface area contributed by atoms with Crippen molar-refractivity contribution in [2.75, 3.05) is 6.61 Å². The average molecular weight is 259 g/mol. The highest BCUT2D eigenvalue weighted by Gasteiger charge is 2.13. The highest BCUT2D eigenvalue weighted by atomic mass is 16.3. The molecule has 1 unspecified atom stereocenters. The molecule has 102 valence electrons.